The molecule has 15 atom stereocenters. The van der Waals surface area contributed by atoms with Crippen LogP contribution in [0.4, 0.5) is 0 Å². The summed E-state index contributed by atoms with van der Waals surface area (Å²) in [6, 6.07) is 4.71. The Bertz CT molecular complexity index is 1310. The van der Waals surface area contributed by atoms with E-state index in [4.69, 9.17) is 29.4 Å². The molecule has 296 valence electrons. The lowest BCUT2D eigenvalue weighted by Crippen LogP contribution is -2.69. The minimum absolute atomic E-state index is 0.00894. The van der Waals surface area contributed by atoms with E-state index in [-0.39, 0.29) is 24.9 Å². The third-order valence-corrected chi connectivity index (χ3v) is 8.78. The fourth-order valence-corrected chi connectivity index (χ4v) is 6.05. The standard InChI is InChI=1S/C31H48N2O19/c1-13(38)33-21-17(40)8-31(48-12-37,51-27(21)23(44)18(41)9-34)52-28-24(45)20(11-36)49-30(25(28)46)50-26(19(42)10-35)22(43)16(39)7-6-14-4-2-3-5-15(14)29(32)47/h2-5,12,16-28,30,34-36,39-46H,6-11H2,1H3,(H2,32,47)(H,33,38)/t16?,17-,18-,19?,20?,21-,22-,23-,24+,25?,26-,27?,28+,30+,31+/m1/s1. The maximum atomic E-state index is 11.9. The number of hydrogen-bond acceptors (Lipinski definition) is 19. The van der Waals surface area contributed by atoms with Gasteiger partial charge in [-0.25, -0.2) is 0 Å². The Hall–Kier alpha value is -2.97. The molecule has 21 heteroatoms. The topological polar surface area (TPSA) is 358 Å². The normalized spacial score (nSPS) is 32.8. The summed E-state index contributed by atoms with van der Waals surface area (Å²) in [5, 5.41) is 118. The van der Waals surface area contributed by atoms with Gasteiger partial charge in [-0.05, 0) is 24.5 Å². The molecule has 1 aromatic rings. The van der Waals surface area contributed by atoms with Gasteiger partial charge in [0.1, 0.15) is 61.0 Å². The van der Waals surface area contributed by atoms with Gasteiger partial charge in [-0.15, -0.1) is 0 Å². The summed E-state index contributed by atoms with van der Waals surface area (Å²) in [6.45, 7) is -2.22. The highest BCUT2D eigenvalue weighted by molar-refractivity contribution is 5.94. The van der Waals surface area contributed by atoms with Gasteiger partial charge in [0, 0.05) is 12.5 Å². The van der Waals surface area contributed by atoms with Gasteiger partial charge in [-0.3, -0.25) is 14.4 Å². The Morgan fingerprint density at radius 3 is 2.25 bits per heavy atom. The van der Waals surface area contributed by atoms with Gasteiger partial charge in [0.15, 0.2) is 6.29 Å². The summed E-state index contributed by atoms with van der Waals surface area (Å²) in [4.78, 5) is 35.3. The first-order chi connectivity index (χ1) is 24.5. The molecular weight excluding hydrogens is 704 g/mol. The average Bonchev–Trinajstić information content (AvgIpc) is 3.11. The van der Waals surface area contributed by atoms with Crippen LogP contribution in [0.25, 0.3) is 0 Å². The maximum Gasteiger partial charge on any atom is 0.332 e. The third kappa shape index (κ3) is 10.4. The van der Waals surface area contributed by atoms with E-state index in [0.29, 0.717) is 5.56 Å². The minimum atomic E-state index is -2.81. The number of aliphatic hydroxyl groups excluding tert-OH is 11. The summed E-state index contributed by atoms with van der Waals surface area (Å²) in [5.41, 5.74) is 5.98. The van der Waals surface area contributed by atoms with Crippen LogP contribution in [-0.2, 0) is 39.7 Å². The molecule has 3 rings (SSSR count). The zero-order valence-corrected chi connectivity index (χ0v) is 28.0. The van der Waals surface area contributed by atoms with Gasteiger partial charge in [0.05, 0.1) is 44.5 Å². The summed E-state index contributed by atoms with van der Waals surface area (Å²) in [7, 11) is 0. The second-order valence-electron chi connectivity index (χ2n) is 12.5. The molecule has 14 N–H and O–H groups in total. The van der Waals surface area contributed by atoms with Crippen molar-refractivity contribution in [2.24, 2.45) is 5.73 Å². The van der Waals surface area contributed by atoms with Gasteiger partial charge < -0.3 is 90.9 Å². The van der Waals surface area contributed by atoms with Gasteiger partial charge in [0.2, 0.25) is 11.8 Å². The summed E-state index contributed by atoms with van der Waals surface area (Å²) in [5.74, 6) is -4.28. The fourth-order valence-electron chi connectivity index (χ4n) is 6.05. The molecule has 0 bridgehead atoms. The summed E-state index contributed by atoms with van der Waals surface area (Å²) >= 11 is 0. The van der Waals surface area contributed by atoms with Crippen LogP contribution in [0.15, 0.2) is 24.3 Å². The van der Waals surface area contributed by atoms with Crippen molar-refractivity contribution in [3.05, 3.63) is 35.4 Å². The Morgan fingerprint density at radius 2 is 1.67 bits per heavy atom. The largest absolute Gasteiger partial charge is 0.410 e. The molecular formula is C31H48N2O19. The molecule has 2 aliphatic heterocycles. The molecule has 2 heterocycles. The van der Waals surface area contributed by atoms with Gasteiger partial charge in [-0.1, -0.05) is 18.2 Å². The number of nitrogens with two attached hydrogens (primary N) is 1. The molecule has 2 amide bonds. The molecule has 52 heavy (non-hydrogen) atoms. The van der Waals surface area contributed by atoms with Crippen molar-refractivity contribution < 1.29 is 94.2 Å². The monoisotopic (exact) mass is 752 g/mol. The van der Waals surface area contributed by atoms with Crippen molar-refractivity contribution in [2.45, 2.75) is 118 Å². The minimum Gasteiger partial charge on any atom is -0.410 e. The zero-order chi connectivity index (χ0) is 38.9. The van der Waals surface area contributed by atoms with Gasteiger partial charge in [-0.2, -0.15) is 0 Å². The number of carbonyl (C=O) groups excluding carboxylic acids is 3. The highest BCUT2D eigenvalue weighted by atomic mass is 16.9. The predicted molar refractivity (Wildman–Crippen MR) is 168 cm³/mol. The van der Waals surface area contributed by atoms with E-state index >= 15 is 0 Å². The van der Waals surface area contributed by atoms with Crippen LogP contribution in [0, 0.1) is 0 Å². The van der Waals surface area contributed by atoms with E-state index in [2.05, 4.69) is 5.32 Å². The van der Waals surface area contributed by atoms with E-state index in [1.165, 1.54) is 6.07 Å². The first-order valence-corrected chi connectivity index (χ1v) is 16.2. The van der Waals surface area contributed by atoms with E-state index in [0.717, 1.165) is 6.92 Å². The van der Waals surface area contributed by atoms with Crippen LogP contribution in [0.2, 0.25) is 0 Å². The quantitative estimate of drug-likeness (QED) is 0.0461. The predicted octanol–water partition coefficient (Wildman–Crippen LogP) is -6.80. The van der Waals surface area contributed by atoms with Crippen molar-refractivity contribution in [3.8, 4) is 0 Å². The summed E-state index contributed by atoms with van der Waals surface area (Å²) < 4.78 is 27.4. The molecule has 0 spiro atoms. The van der Waals surface area contributed by atoms with Crippen molar-refractivity contribution >= 4 is 18.3 Å². The molecule has 2 fully saturated rings. The summed E-state index contributed by atoms with van der Waals surface area (Å²) in [6.07, 6.45) is -26.3. The number of aryl methyl sites for hydroxylation is 1. The lowest BCUT2D eigenvalue weighted by Gasteiger charge is -2.50. The van der Waals surface area contributed by atoms with Crippen LogP contribution in [0.3, 0.4) is 0 Å². The lowest BCUT2D eigenvalue weighted by atomic mass is 9.91. The second kappa shape index (κ2) is 19.4. The SMILES string of the molecule is CC(=O)N[C@H]1C([C@H](O)[C@H](O)CO)O[C@](OC=O)(O[C@@H]2C(O)[C@H](O[C@H](C(O)CO)[C@H](O)C(O)CCc3ccccc3C(N)=O)OC(CO)[C@@H]2O)C[C@H]1O. The lowest BCUT2D eigenvalue weighted by molar-refractivity contribution is -0.444. The molecule has 21 nitrogen and oxygen atoms in total. The van der Waals surface area contributed by atoms with Crippen LogP contribution < -0.4 is 11.1 Å². The Morgan fingerprint density at radius 1 is 1.02 bits per heavy atom. The molecule has 0 radical (unpaired) electrons. The second-order valence-corrected chi connectivity index (χ2v) is 12.5. The number of nitrogens with one attached hydrogen (secondary N) is 1. The van der Waals surface area contributed by atoms with E-state index in [1.807, 2.05) is 0 Å². The zero-order valence-electron chi connectivity index (χ0n) is 28.0. The first kappa shape index (κ1) is 43.4. The maximum absolute atomic E-state index is 11.9. The van der Waals surface area contributed by atoms with Gasteiger partial charge >= 0.3 is 5.97 Å². The van der Waals surface area contributed by atoms with Crippen molar-refractivity contribution in [1.29, 1.82) is 0 Å². The molecule has 0 aliphatic carbocycles. The van der Waals surface area contributed by atoms with Crippen LogP contribution in [-0.4, -0.2) is 186 Å². The van der Waals surface area contributed by atoms with Gasteiger partial charge in [0.25, 0.3) is 6.47 Å². The number of primary amides is 1. The fraction of sp³-hybridized carbons (Fsp3) is 0.710. The number of carbonyl (C=O) groups is 3. The highest BCUT2D eigenvalue weighted by Gasteiger charge is 2.58. The van der Waals surface area contributed by atoms with Crippen molar-refractivity contribution in [2.75, 3.05) is 19.8 Å². The number of aliphatic hydroxyl groups is 11. The Kier molecular flexibility index (Phi) is 16.2. The van der Waals surface area contributed by atoms with Crippen LogP contribution in [0.5, 0.6) is 0 Å². The number of rotatable bonds is 19. The number of amides is 2. The van der Waals surface area contributed by atoms with Crippen LogP contribution in [0.1, 0.15) is 35.7 Å². The van der Waals surface area contributed by atoms with E-state index < -0.39 is 130 Å². The molecule has 2 saturated heterocycles. The molecule has 0 aromatic heterocycles. The van der Waals surface area contributed by atoms with Crippen molar-refractivity contribution in [3.63, 3.8) is 0 Å². The molecule has 0 saturated carbocycles. The number of benzene rings is 1. The van der Waals surface area contributed by atoms with Crippen molar-refractivity contribution in [1.82, 2.24) is 5.32 Å². The van der Waals surface area contributed by atoms with E-state index in [9.17, 15) is 70.6 Å². The van der Waals surface area contributed by atoms with E-state index in [1.54, 1.807) is 18.2 Å². The highest BCUT2D eigenvalue weighted by Crippen LogP contribution is 2.38. The van der Waals surface area contributed by atoms with Crippen LogP contribution >= 0.6 is 0 Å². The smallest absolute Gasteiger partial charge is 0.332 e. The molecule has 5 unspecified atom stereocenters. The number of hydrogen-bond donors (Lipinski definition) is 13. The Labute approximate surface area is 296 Å². The third-order valence-electron chi connectivity index (χ3n) is 8.78. The molecule has 2 aliphatic rings. The molecule has 1 aromatic carbocycles. The average molecular weight is 753 g/mol. The first-order valence-electron chi connectivity index (χ1n) is 16.2. The Balaban J connectivity index is 1.90. The number of ether oxygens (including phenoxy) is 5.